The van der Waals surface area contributed by atoms with Gasteiger partial charge in [-0.2, -0.15) is 0 Å². The Balaban J connectivity index is 1.60. The number of nitrogens with one attached hydrogen (secondary N) is 1. The maximum atomic E-state index is 12.0. The highest BCUT2D eigenvalue weighted by Gasteiger charge is 2.30. The molecule has 21 heavy (non-hydrogen) atoms. The first-order valence-corrected chi connectivity index (χ1v) is 7.04. The summed E-state index contributed by atoms with van der Waals surface area (Å²) in [6.07, 6.45) is 0.792. The molecule has 0 fully saturated rings. The standard InChI is InChI=1S/C17H18N2O2/c18-15-10-12-6-4-5-9-14(12)17(15)19-16(20)11-21-13-7-2-1-3-8-13/h1-9,15,17H,10-11,18H2,(H,19,20). The Bertz CT molecular complexity index is 628. The first kappa shape index (κ1) is 13.6. The minimum absolute atomic E-state index is 0.00456. The molecular weight excluding hydrogens is 264 g/mol. The Morgan fingerprint density at radius 3 is 2.67 bits per heavy atom. The molecular formula is C17H18N2O2. The summed E-state index contributed by atoms with van der Waals surface area (Å²) in [5, 5.41) is 2.97. The van der Waals surface area contributed by atoms with Gasteiger partial charge in [0, 0.05) is 6.04 Å². The topological polar surface area (TPSA) is 64.3 Å². The largest absolute Gasteiger partial charge is 0.484 e. The molecule has 3 N–H and O–H groups in total. The highest BCUT2D eigenvalue weighted by atomic mass is 16.5. The van der Waals surface area contributed by atoms with E-state index in [1.54, 1.807) is 0 Å². The molecule has 0 aliphatic heterocycles. The van der Waals surface area contributed by atoms with Gasteiger partial charge in [-0.1, -0.05) is 42.5 Å². The van der Waals surface area contributed by atoms with Crippen LogP contribution in [0.3, 0.4) is 0 Å². The van der Waals surface area contributed by atoms with Crippen molar-refractivity contribution in [1.82, 2.24) is 5.32 Å². The van der Waals surface area contributed by atoms with Gasteiger partial charge in [0.2, 0.25) is 0 Å². The van der Waals surface area contributed by atoms with Crippen molar-refractivity contribution in [1.29, 1.82) is 0 Å². The molecule has 0 aromatic heterocycles. The van der Waals surface area contributed by atoms with Gasteiger partial charge in [0.1, 0.15) is 5.75 Å². The van der Waals surface area contributed by atoms with Crippen molar-refractivity contribution < 1.29 is 9.53 Å². The lowest BCUT2D eigenvalue weighted by Crippen LogP contribution is -2.40. The van der Waals surface area contributed by atoms with Gasteiger partial charge in [-0.3, -0.25) is 4.79 Å². The molecule has 0 saturated heterocycles. The van der Waals surface area contributed by atoms with Gasteiger partial charge in [0.05, 0.1) is 6.04 Å². The Hall–Kier alpha value is -2.33. The Morgan fingerprint density at radius 1 is 1.14 bits per heavy atom. The minimum Gasteiger partial charge on any atom is -0.484 e. The van der Waals surface area contributed by atoms with Gasteiger partial charge < -0.3 is 15.8 Å². The number of nitrogens with two attached hydrogens (primary N) is 1. The SMILES string of the molecule is NC1Cc2ccccc2C1NC(=O)COc1ccccc1. The average Bonchev–Trinajstić information content (AvgIpc) is 2.82. The van der Waals surface area contributed by atoms with Crippen molar-refractivity contribution in [3.05, 3.63) is 65.7 Å². The fourth-order valence-electron chi connectivity index (χ4n) is 2.69. The number of para-hydroxylation sites is 1. The third kappa shape index (κ3) is 3.06. The maximum Gasteiger partial charge on any atom is 0.258 e. The van der Waals surface area contributed by atoms with Crippen molar-refractivity contribution in [2.24, 2.45) is 5.73 Å². The lowest BCUT2D eigenvalue weighted by Gasteiger charge is -2.18. The highest BCUT2D eigenvalue weighted by Crippen LogP contribution is 2.29. The van der Waals surface area contributed by atoms with Crippen LogP contribution in [0.2, 0.25) is 0 Å². The molecule has 0 bridgehead atoms. The fraction of sp³-hybridized carbons (Fsp3) is 0.235. The van der Waals surface area contributed by atoms with Crippen molar-refractivity contribution in [2.45, 2.75) is 18.5 Å². The molecule has 0 spiro atoms. The van der Waals surface area contributed by atoms with E-state index in [1.807, 2.05) is 48.5 Å². The fourth-order valence-corrected chi connectivity index (χ4v) is 2.69. The predicted octanol–water partition coefficient (Wildman–Crippen LogP) is 1.81. The molecule has 2 aromatic rings. The zero-order valence-corrected chi connectivity index (χ0v) is 11.7. The number of ether oxygens (including phenoxy) is 1. The summed E-state index contributed by atoms with van der Waals surface area (Å²) < 4.78 is 5.45. The number of benzene rings is 2. The Morgan fingerprint density at radius 2 is 1.86 bits per heavy atom. The molecule has 4 heteroatoms. The molecule has 0 saturated carbocycles. The van der Waals surface area contributed by atoms with E-state index in [0.29, 0.717) is 5.75 Å². The molecule has 1 aliphatic carbocycles. The van der Waals surface area contributed by atoms with E-state index in [4.69, 9.17) is 10.5 Å². The normalized spacial score (nSPS) is 19.9. The van der Waals surface area contributed by atoms with Gasteiger partial charge in [-0.15, -0.1) is 0 Å². The minimum atomic E-state index is -0.156. The van der Waals surface area contributed by atoms with Crippen LogP contribution in [0.5, 0.6) is 5.75 Å². The number of carbonyl (C=O) groups excluding carboxylic acids is 1. The zero-order chi connectivity index (χ0) is 14.7. The molecule has 0 heterocycles. The maximum absolute atomic E-state index is 12.0. The lowest BCUT2D eigenvalue weighted by atomic mass is 10.1. The van der Waals surface area contributed by atoms with E-state index >= 15 is 0 Å². The van der Waals surface area contributed by atoms with Crippen molar-refractivity contribution >= 4 is 5.91 Å². The smallest absolute Gasteiger partial charge is 0.258 e. The van der Waals surface area contributed by atoms with Crippen LogP contribution in [0.1, 0.15) is 17.2 Å². The number of hydrogen-bond donors (Lipinski definition) is 2. The summed E-state index contributed by atoms with van der Waals surface area (Å²) >= 11 is 0. The Labute approximate surface area is 123 Å². The van der Waals surface area contributed by atoms with Crippen molar-refractivity contribution in [2.75, 3.05) is 6.61 Å². The van der Waals surface area contributed by atoms with Crippen molar-refractivity contribution in [3.8, 4) is 5.75 Å². The van der Waals surface area contributed by atoms with Crippen LogP contribution in [-0.2, 0) is 11.2 Å². The second kappa shape index (κ2) is 5.97. The molecule has 2 aromatic carbocycles. The average molecular weight is 282 g/mol. The van der Waals surface area contributed by atoms with Crippen LogP contribution < -0.4 is 15.8 Å². The van der Waals surface area contributed by atoms with Crippen molar-refractivity contribution in [3.63, 3.8) is 0 Å². The van der Waals surface area contributed by atoms with E-state index < -0.39 is 0 Å². The van der Waals surface area contributed by atoms with E-state index in [2.05, 4.69) is 11.4 Å². The lowest BCUT2D eigenvalue weighted by molar-refractivity contribution is -0.123. The first-order valence-electron chi connectivity index (χ1n) is 7.04. The van der Waals surface area contributed by atoms with Crippen LogP contribution in [0.25, 0.3) is 0 Å². The third-order valence-electron chi connectivity index (χ3n) is 3.70. The number of amides is 1. The van der Waals surface area contributed by atoms with E-state index in [0.717, 1.165) is 12.0 Å². The number of fused-ring (bicyclic) bond motifs is 1. The molecule has 2 atom stereocenters. The summed E-state index contributed by atoms with van der Waals surface area (Å²) in [4.78, 5) is 12.0. The molecule has 1 aliphatic rings. The second-order valence-electron chi connectivity index (χ2n) is 5.21. The Kier molecular flexibility index (Phi) is 3.88. The number of rotatable bonds is 4. The van der Waals surface area contributed by atoms with Gasteiger partial charge >= 0.3 is 0 Å². The van der Waals surface area contributed by atoms with E-state index in [1.165, 1.54) is 5.56 Å². The van der Waals surface area contributed by atoms with Gasteiger partial charge in [0.25, 0.3) is 5.91 Å². The molecule has 1 amide bonds. The summed E-state index contributed by atoms with van der Waals surface area (Å²) in [5.74, 6) is 0.528. The quantitative estimate of drug-likeness (QED) is 0.899. The molecule has 2 unspecified atom stereocenters. The first-order chi connectivity index (χ1) is 10.2. The molecule has 108 valence electrons. The third-order valence-corrected chi connectivity index (χ3v) is 3.70. The summed E-state index contributed by atoms with van der Waals surface area (Å²) in [6.45, 7) is -0.00456. The van der Waals surface area contributed by atoms with Crippen LogP contribution in [0, 0.1) is 0 Å². The number of carbonyl (C=O) groups is 1. The molecule has 0 radical (unpaired) electrons. The van der Waals surface area contributed by atoms with Gasteiger partial charge in [-0.05, 0) is 29.7 Å². The second-order valence-corrected chi connectivity index (χ2v) is 5.21. The van der Waals surface area contributed by atoms with E-state index in [9.17, 15) is 4.79 Å². The highest BCUT2D eigenvalue weighted by molar-refractivity contribution is 5.78. The monoisotopic (exact) mass is 282 g/mol. The summed E-state index contributed by atoms with van der Waals surface area (Å²) in [5.41, 5.74) is 8.45. The van der Waals surface area contributed by atoms with E-state index in [-0.39, 0.29) is 24.6 Å². The van der Waals surface area contributed by atoms with Crippen LogP contribution >= 0.6 is 0 Å². The molecule has 3 rings (SSSR count). The molecule has 4 nitrogen and oxygen atoms in total. The van der Waals surface area contributed by atoms with Crippen LogP contribution in [-0.4, -0.2) is 18.6 Å². The summed E-state index contributed by atoms with van der Waals surface area (Å²) in [6, 6.07) is 17.1. The van der Waals surface area contributed by atoms with Gasteiger partial charge in [0.15, 0.2) is 6.61 Å². The zero-order valence-electron chi connectivity index (χ0n) is 11.7. The van der Waals surface area contributed by atoms with Gasteiger partial charge in [-0.25, -0.2) is 0 Å². The van der Waals surface area contributed by atoms with Crippen LogP contribution in [0.15, 0.2) is 54.6 Å². The summed E-state index contributed by atoms with van der Waals surface area (Å²) in [7, 11) is 0. The number of hydrogen-bond acceptors (Lipinski definition) is 3. The van der Waals surface area contributed by atoms with Crippen LogP contribution in [0.4, 0.5) is 0 Å². The predicted molar refractivity (Wildman–Crippen MR) is 80.9 cm³/mol.